The summed E-state index contributed by atoms with van der Waals surface area (Å²) in [4.78, 5) is 3.98. The highest BCUT2D eigenvalue weighted by molar-refractivity contribution is 6.29. The van der Waals surface area contributed by atoms with Gasteiger partial charge in [0, 0.05) is 11.8 Å². The summed E-state index contributed by atoms with van der Waals surface area (Å²) in [6, 6.07) is 13.0. The van der Waals surface area contributed by atoms with Crippen LogP contribution in [0.25, 0.3) is 22.9 Å². The van der Waals surface area contributed by atoms with Crippen molar-refractivity contribution in [3.63, 3.8) is 0 Å². The van der Waals surface area contributed by atoms with Crippen LogP contribution in [0.15, 0.2) is 47.0 Å². The third kappa shape index (κ3) is 2.91. The fraction of sp³-hybridized carbons (Fsp3) is 0.0667. The van der Waals surface area contributed by atoms with Gasteiger partial charge in [0.25, 0.3) is 0 Å². The largest absolute Gasteiger partial charge is 0.416 e. The molecule has 3 rings (SSSR count). The first-order chi connectivity index (χ1) is 10.3. The van der Waals surface area contributed by atoms with E-state index in [-0.39, 0.29) is 0 Å². The van der Waals surface area contributed by atoms with E-state index in [0.29, 0.717) is 28.9 Å². The van der Waals surface area contributed by atoms with E-state index in [1.54, 1.807) is 18.3 Å². The second kappa shape index (κ2) is 5.73. The van der Waals surface area contributed by atoms with Crippen molar-refractivity contribution in [2.75, 3.05) is 0 Å². The fourth-order valence-electron chi connectivity index (χ4n) is 1.86. The van der Waals surface area contributed by atoms with Crippen molar-refractivity contribution in [2.45, 2.75) is 6.42 Å². The standard InChI is InChI=1S/C15H9ClN4O/c16-13-5-4-12(9-18-13)15-20-19-14(21-15)11-3-1-2-10(8-11)6-7-17/h1-5,8-9H,6H2. The predicted octanol–water partition coefficient (Wildman–Crippen LogP) is 3.52. The summed E-state index contributed by atoms with van der Waals surface area (Å²) >= 11 is 5.74. The number of nitrogens with zero attached hydrogens (tertiary/aromatic N) is 4. The zero-order chi connectivity index (χ0) is 14.7. The molecule has 6 heteroatoms. The molecular formula is C15H9ClN4O. The highest BCUT2D eigenvalue weighted by atomic mass is 35.5. The number of hydrogen-bond acceptors (Lipinski definition) is 5. The Hall–Kier alpha value is -2.71. The molecule has 0 spiro atoms. The minimum Gasteiger partial charge on any atom is -0.416 e. The molecule has 0 aliphatic carbocycles. The zero-order valence-corrected chi connectivity index (χ0v) is 11.6. The van der Waals surface area contributed by atoms with Gasteiger partial charge in [0.15, 0.2) is 0 Å². The number of benzene rings is 1. The number of nitriles is 1. The Morgan fingerprint density at radius 1 is 1.10 bits per heavy atom. The summed E-state index contributed by atoms with van der Waals surface area (Å²) in [6.07, 6.45) is 1.92. The topological polar surface area (TPSA) is 75.6 Å². The second-order valence-electron chi connectivity index (χ2n) is 4.32. The van der Waals surface area contributed by atoms with E-state index in [1.807, 2.05) is 24.3 Å². The maximum atomic E-state index is 8.74. The number of rotatable bonds is 3. The van der Waals surface area contributed by atoms with Gasteiger partial charge in [-0.05, 0) is 29.8 Å². The minimum atomic E-state index is 0.343. The number of aromatic nitrogens is 3. The van der Waals surface area contributed by atoms with Crippen molar-refractivity contribution in [1.29, 1.82) is 5.26 Å². The molecule has 0 fully saturated rings. The van der Waals surface area contributed by atoms with Crippen molar-refractivity contribution in [2.24, 2.45) is 0 Å². The Morgan fingerprint density at radius 3 is 2.62 bits per heavy atom. The van der Waals surface area contributed by atoms with Crippen molar-refractivity contribution < 1.29 is 4.42 Å². The molecule has 1 aromatic carbocycles. The number of hydrogen-bond donors (Lipinski definition) is 0. The average Bonchev–Trinajstić information content (AvgIpc) is 2.98. The summed E-state index contributed by atoms with van der Waals surface area (Å²) in [5.41, 5.74) is 2.39. The summed E-state index contributed by atoms with van der Waals surface area (Å²) in [6.45, 7) is 0. The first-order valence-corrected chi connectivity index (χ1v) is 6.56. The molecule has 21 heavy (non-hydrogen) atoms. The molecule has 0 aliphatic rings. The lowest BCUT2D eigenvalue weighted by Crippen LogP contribution is -1.83. The zero-order valence-electron chi connectivity index (χ0n) is 10.8. The Kier molecular flexibility index (Phi) is 3.63. The van der Waals surface area contributed by atoms with Gasteiger partial charge >= 0.3 is 0 Å². The molecule has 0 aliphatic heterocycles. The van der Waals surface area contributed by atoms with Crippen molar-refractivity contribution in [3.05, 3.63) is 53.3 Å². The maximum Gasteiger partial charge on any atom is 0.249 e. The van der Waals surface area contributed by atoms with E-state index < -0.39 is 0 Å². The average molecular weight is 297 g/mol. The molecule has 0 amide bonds. The summed E-state index contributed by atoms with van der Waals surface area (Å²) in [5, 5.41) is 17.2. The molecule has 0 N–H and O–H groups in total. The van der Waals surface area contributed by atoms with E-state index in [1.165, 1.54) is 0 Å². The normalized spacial score (nSPS) is 10.3. The van der Waals surface area contributed by atoms with Crippen LogP contribution in [-0.4, -0.2) is 15.2 Å². The third-order valence-electron chi connectivity index (χ3n) is 2.86. The van der Waals surface area contributed by atoms with E-state index in [9.17, 15) is 0 Å². The van der Waals surface area contributed by atoms with Gasteiger partial charge in [-0.2, -0.15) is 5.26 Å². The lowest BCUT2D eigenvalue weighted by atomic mass is 10.1. The van der Waals surface area contributed by atoms with Crippen LogP contribution in [0.4, 0.5) is 0 Å². The van der Waals surface area contributed by atoms with Gasteiger partial charge in [0.1, 0.15) is 5.15 Å². The van der Waals surface area contributed by atoms with Gasteiger partial charge in [0.2, 0.25) is 11.8 Å². The molecule has 0 radical (unpaired) electrons. The van der Waals surface area contributed by atoms with Crippen LogP contribution in [0.2, 0.25) is 5.15 Å². The van der Waals surface area contributed by atoms with Crippen LogP contribution in [-0.2, 0) is 6.42 Å². The molecule has 2 aromatic heterocycles. The highest BCUT2D eigenvalue weighted by Crippen LogP contribution is 2.24. The molecule has 0 unspecified atom stereocenters. The van der Waals surface area contributed by atoms with E-state index in [2.05, 4.69) is 21.3 Å². The molecule has 0 saturated heterocycles. The van der Waals surface area contributed by atoms with Crippen LogP contribution < -0.4 is 0 Å². The molecule has 0 atom stereocenters. The van der Waals surface area contributed by atoms with Gasteiger partial charge in [-0.3, -0.25) is 0 Å². The SMILES string of the molecule is N#CCc1cccc(-c2nnc(-c3ccc(Cl)nc3)o2)c1. The van der Waals surface area contributed by atoms with Gasteiger partial charge in [-0.15, -0.1) is 10.2 Å². The lowest BCUT2D eigenvalue weighted by Gasteiger charge is -1.98. The number of halogens is 1. The summed E-state index contributed by atoms with van der Waals surface area (Å²) in [7, 11) is 0. The molecule has 2 heterocycles. The van der Waals surface area contributed by atoms with E-state index in [0.717, 1.165) is 11.1 Å². The number of pyridine rings is 1. The van der Waals surface area contributed by atoms with Gasteiger partial charge in [0.05, 0.1) is 18.1 Å². The molecule has 0 bridgehead atoms. The molecule has 102 valence electrons. The molecule has 0 saturated carbocycles. The second-order valence-corrected chi connectivity index (χ2v) is 4.70. The Balaban J connectivity index is 1.93. The van der Waals surface area contributed by atoms with Gasteiger partial charge in [-0.1, -0.05) is 23.7 Å². The Bertz CT molecular complexity index is 805. The van der Waals surface area contributed by atoms with Crippen LogP contribution in [0.5, 0.6) is 0 Å². The van der Waals surface area contributed by atoms with Crippen LogP contribution in [0, 0.1) is 11.3 Å². The molecule has 5 nitrogen and oxygen atoms in total. The minimum absolute atomic E-state index is 0.343. The first kappa shape index (κ1) is 13.3. The monoisotopic (exact) mass is 296 g/mol. The van der Waals surface area contributed by atoms with Crippen LogP contribution >= 0.6 is 11.6 Å². The molecule has 3 aromatic rings. The van der Waals surface area contributed by atoms with Gasteiger partial charge in [-0.25, -0.2) is 4.98 Å². The molecular weight excluding hydrogens is 288 g/mol. The first-order valence-electron chi connectivity index (χ1n) is 6.18. The highest BCUT2D eigenvalue weighted by Gasteiger charge is 2.11. The third-order valence-corrected chi connectivity index (χ3v) is 3.08. The van der Waals surface area contributed by atoms with Crippen LogP contribution in [0.3, 0.4) is 0 Å². The van der Waals surface area contributed by atoms with Crippen LogP contribution in [0.1, 0.15) is 5.56 Å². The fourth-order valence-corrected chi connectivity index (χ4v) is 1.98. The maximum absolute atomic E-state index is 8.74. The van der Waals surface area contributed by atoms with Crippen molar-refractivity contribution in [3.8, 4) is 29.0 Å². The smallest absolute Gasteiger partial charge is 0.249 e. The lowest BCUT2D eigenvalue weighted by molar-refractivity contribution is 0.584. The predicted molar refractivity (Wildman–Crippen MR) is 77.3 cm³/mol. The van der Waals surface area contributed by atoms with E-state index in [4.69, 9.17) is 21.3 Å². The van der Waals surface area contributed by atoms with Crippen molar-refractivity contribution in [1.82, 2.24) is 15.2 Å². The Morgan fingerprint density at radius 2 is 1.90 bits per heavy atom. The summed E-state index contributed by atoms with van der Waals surface area (Å²) < 4.78 is 5.64. The van der Waals surface area contributed by atoms with Crippen molar-refractivity contribution >= 4 is 11.6 Å². The van der Waals surface area contributed by atoms with E-state index >= 15 is 0 Å². The Labute approximate surface area is 125 Å². The van der Waals surface area contributed by atoms with Gasteiger partial charge < -0.3 is 4.42 Å². The summed E-state index contributed by atoms with van der Waals surface area (Å²) in [5.74, 6) is 0.777. The quantitative estimate of drug-likeness (QED) is 0.691.